The number of esters is 1. The first kappa shape index (κ1) is 18.8. The van der Waals surface area contributed by atoms with E-state index in [1.54, 1.807) is 0 Å². The van der Waals surface area contributed by atoms with Crippen LogP contribution in [0.3, 0.4) is 0 Å². The Bertz CT molecular complexity index is 437. The second-order valence-electron chi connectivity index (χ2n) is 3.07. The number of carbonyl (C=O) groups is 2. The maximum atomic E-state index is 12.5. The summed E-state index contributed by atoms with van der Waals surface area (Å²) in [5, 5.41) is 0. The highest BCUT2D eigenvalue weighted by atomic mass is 31.2. The number of rotatable bonds is 6. The SMILES string of the molecule is CCOP(=O)(OCC)C(=O)/N=C(/C(=O)OC)C(F)(F)F. The molecule has 7 nitrogen and oxygen atoms in total. The van der Waals surface area contributed by atoms with Gasteiger partial charge in [0, 0.05) is 0 Å². The van der Waals surface area contributed by atoms with Gasteiger partial charge in [-0.15, -0.1) is 0 Å². The molecule has 0 aromatic carbocycles. The van der Waals surface area contributed by atoms with Gasteiger partial charge in [-0.2, -0.15) is 18.2 Å². The van der Waals surface area contributed by atoms with Gasteiger partial charge in [0.15, 0.2) is 0 Å². The number of aliphatic imine (C=N–C) groups is 1. The molecular formula is C9H13F3NO6P. The fourth-order valence-corrected chi connectivity index (χ4v) is 2.16. The summed E-state index contributed by atoms with van der Waals surface area (Å²) in [7, 11) is -3.84. The molecule has 0 aliphatic carbocycles. The van der Waals surface area contributed by atoms with Crippen LogP contribution in [-0.4, -0.2) is 43.8 Å². The van der Waals surface area contributed by atoms with Crippen LogP contribution in [0.25, 0.3) is 0 Å². The zero-order valence-electron chi connectivity index (χ0n) is 10.9. The number of hydrogen-bond donors (Lipinski definition) is 0. The van der Waals surface area contributed by atoms with Gasteiger partial charge in [-0.25, -0.2) is 9.36 Å². The number of amides is 1. The van der Waals surface area contributed by atoms with Crippen molar-refractivity contribution in [1.82, 2.24) is 0 Å². The maximum Gasteiger partial charge on any atom is 0.440 e. The highest BCUT2D eigenvalue weighted by Gasteiger charge is 2.45. The molecule has 0 saturated heterocycles. The summed E-state index contributed by atoms with van der Waals surface area (Å²) in [6.07, 6.45) is -5.24. The summed E-state index contributed by atoms with van der Waals surface area (Å²) < 4.78 is 62.3. The van der Waals surface area contributed by atoms with E-state index in [1.165, 1.54) is 13.8 Å². The third-order valence-electron chi connectivity index (χ3n) is 1.69. The molecule has 116 valence electrons. The topological polar surface area (TPSA) is 91.3 Å². The normalized spacial score (nSPS) is 13.2. The first-order valence-electron chi connectivity index (χ1n) is 5.30. The molecule has 0 heterocycles. The lowest BCUT2D eigenvalue weighted by molar-refractivity contribution is -0.137. The molecular weight excluding hydrogens is 306 g/mol. The van der Waals surface area contributed by atoms with Crippen LogP contribution in [0, 0.1) is 0 Å². The van der Waals surface area contributed by atoms with E-state index >= 15 is 0 Å². The number of halogens is 3. The minimum absolute atomic E-state index is 0.252. The smallest absolute Gasteiger partial charge is 0.440 e. The van der Waals surface area contributed by atoms with Crippen LogP contribution in [-0.2, 0) is 23.1 Å². The molecule has 0 N–H and O–H groups in total. The predicted octanol–water partition coefficient (Wildman–Crippen LogP) is 2.55. The van der Waals surface area contributed by atoms with Crippen LogP contribution in [0.2, 0.25) is 0 Å². The number of methoxy groups -OCH3 is 1. The molecule has 0 aromatic rings. The van der Waals surface area contributed by atoms with Crippen molar-refractivity contribution in [3.63, 3.8) is 0 Å². The molecule has 1 amide bonds. The molecule has 11 heteroatoms. The third kappa shape index (κ3) is 5.03. The van der Waals surface area contributed by atoms with Gasteiger partial charge in [0.05, 0.1) is 20.3 Å². The van der Waals surface area contributed by atoms with Crippen molar-refractivity contribution in [2.75, 3.05) is 20.3 Å². The Labute approximate surface area is 112 Å². The predicted molar refractivity (Wildman–Crippen MR) is 61.8 cm³/mol. The summed E-state index contributed by atoms with van der Waals surface area (Å²) >= 11 is 0. The second-order valence-corrected chi connectivity index (χ2v) is 4.96. The number of alkyl halides is 3. The molecule has 0 bridgehead atoms. The Balaban J connectivity index is 5.57. The Hall–Kier alpha value is -1.25. The molecule has 0 spiro atoms. The van der Waals surface area contributed by atoms with Crippen molar-refractivity contribution in [3.8, 4) is 0 Å². The van der Waals surface area contributed by atoms with Gasteiger partial charge in [0.2, 0.25) is 5.71 Å². The standard InChI is InChI=1S/C9H13F3NO6P/c1-4-18-20(16,19-5-2)8(15)13-6(7(14)17-3)9(10,11)12/h4-5H2,1-3H3/b13-6-. The van der Waals surface area contributed by atoms with E-state index in [4.69, 9.17) is 0 Å². The molecule has 0 rings (SSSR count). The third-order valence-corrected chi connectivity index (χ3v) is 3.45. The van der Waals surface area contributed by atoms with Crippen molar-refractivity contribution in [2.45, 2.75) is 20.0 Å². The fourth-order valence-electron chi connectivity index (χ4n) is 0.966. The van der Waals surface area contributed by atoms with Crippen LogP contribution >= 0.6 is 7.60 Å². The molecule has 0 aromatic heterocycles. The molecule has 0 fully saturated rings. The van der Waals surface area contributed by atoms with E-state index in [9.17, 15) is 27.3 Å². The highest BCUT2D eigenvalue weighted by molar-refractivity contribution is 7.71. The number of carbonyl (C=O) groups excluding carboxylic acids is 2. The van der Waals surface area contributed by atoms with E-state index < -0.39 is 31.1 Å². The van der Waals surface area contributed by atoms with Crippen LogP contribution in [0.4, 0.5) is 18.0 Å². The van der Waals surface area contributed by atoms with Gasteiger partial charge in [0.25, 0.3) is 0 Å². The summed E-state index contributed by atoms with van der Waals surface area (Å²) in [4.78, 5) is 24.9. The van der Waals surface area contributed by atoms with Crippen LogP contribution in [0.15, 0.2) is 4.99 Å². The van der Waals surface area contributed by atoms with Gasteiger partial charge in [-0.05, 0) is 13.8 Å². The van der Waals surface area contributed by atoms with E-state index in [0.717, 1.165) is 0 Å². The molecule has 0 unspecified atom stereocenters. The summed E-state index contributed by atoms with van der Waals surface area (Å²) in [6, 6.07) is 0. The van der Waals surface area contributed by atoms with Crippen molar-refractivity contribution in [1.29, 1.82) is 0 Å². The van der Waals surface area contributed by atoms with Crippen LogP contribution in [0.5, 0.6) is 0 Å². The Kier molecular flexibility index (Phi) is 7.04. The molecule has 0 aliphatic heterocycles. The molecule has 0 radical (unpaired) electrons. The Morgan fingerprint density at radius 3 is 1.90 bits per heavy atom. The van der Waals surface area contributed by atoms with Crippen molar-refractivity contribution < 1.29 is 41.1 Å². The average Bonchev–Trinajstić information content (AvgIpc) is 2.33. The summed E-state index contributed by atoms with van der Waals surface area (Å²) in [5.74, 6) is -1.88. The fraction of sp³-hybridized carbons (Fsp3) is 0.667. The van der Waals surface area contributed by atoms with Crippen LogP contribution < -0.4 is 0 Å². The zero-order valence-corrected chi connectivity index (χ0v) is 11.8. The van der Waals surface area contributed by atoms with E-state index in [-0.39, 0.29) is 13.2 Å². The first-order chi connectivity index (χ1) is 9.12. The first-order valence-corrected chi connectivity index (χ1v) is 6.84. The van der Waals surface area contributed by atoms with Crippen LogP contribution in [0.1, 0.15) is 13.8 Å². The van der Waals surface area contributed by atoms with Gasteiger partial charge < -0.3 is 13.8 Å². The quantitative estimate of drug-likeness (QED) is 0.424. The second kappa shape index (κ2) is 7.51. The summed E-state index contributed by atoms with van der Waals surface area (Å²) in [6.45, 7) is 2.21. The monoisotopic (exact) mass is 319 g/mol. The van der Waals surface area contributed by atoms with Crippen molar-refractivity contribution >= 4 is 24.9 Å². The average molecular weight is 319 g/mol. The zero-order chi connectivity index (χ0) is 16.0. The molecule has 20 heavy (non-hydrogen) atoms. The highest BCUT2D eigenvalue weighted by Crippen LogP contribution is 2.50. The maximum absolute atomic E-state index is 12.5. The van der Waals surface area contributed by atoms with E-state index in [2.05, 4.69) is 18.8 Å². The van der Waals surface area contributed by atoms with Crippen molar-refractivity contribution in [3.05, 3.63) is 0 Å². The minimum atomic E-state index is -5.24. The lowest BCUT2D eigenvalue weighted by atomic mass is 10.4. The number of hydrogen-bond acceptors (Lipinski definition) is 6. The lowest BCUT2D eigenvalue weighted by Crippen LogP contribution is -2.33. The van der Waals surface area contributed by atoms with E-state index in [1.807, 2.05) is 0 Å². The molecule has 0 atom stereocenters. The summed E-state index contributed by atoms with van der Waals surface area (Å²) in [5.41, 5.74) is -3.96. The molecule has 0 aliphatic rings. The van der Waals surface area contributed by atoms with Gasteiger partial charge >= 0.3 is 25.4 Å². The Morgan fingerprint density at radius 1 is 1.15 bits per heavy atom. The minimum Gasteiger partial charge on any atom is -0.464 e. The largest absolute Gasteiger partial charge is 0.464 e. The molecule has 0 saturated carbocycles. The lowest BCUT2D eigenvalue weighted by Gasteiger charge is -2.14. The van der Waals surface area contributed by atoms with Gasteiger partial charge in [0.1, 0.15) is 0 Å². The van der Waals surface area contributed by atoms with Crippen molar-refractivity contribution in [2.24, 2.45) is 4.99 Å². The van der Waals surface area contributed by atoms with Gasteiger partial charge in [-0.1, -0.05) is 0 Å². The number of ether oxygens (including phenoxy) is 1. The Morgan fingerprint density at radius 2 is 1.60 bits per heavy atom. The number of nitrogens with zero attached hydrogens (tertiary/aromatic N) is 1. The van der Waals surface area contributed by atoms with E-state index in [0.29, 0.717) is 7.11 Å². The van der Waals surface area contributed by atoms with Gasteiger partial charge in [-0.3, -0.25) is 4.79 Å².